The summed E-state index contributed by atoms with van der Waals surface area (Å²) in [6, 6.07) is 0. The highest BCUT2D eigenvalue weighted by Gasteiger charge is 2.24. The van der Waals surface area contributed by atoms with Crippen LogP contribution in [0.25, 0.3) is 0 Å². The van der Waals surface area contributed by atoms with Crippen molar-refractivity contribution in [1.82, 2.24) is 4.31 Å². The van der Waals surface area contributed by atoms with Crippen LogP contribution in [0, 0.1) is 0 Å². The molecule has 0 aromatic rings. The first-order valence-electron chi connectivity index (χ1n) is 3.42. The van der Waals surface area contributed by atoms with Crippen LogP contribution in [0.4, 0.5) is 4.39 Å². The number of piperidine rings is 1. The number of alkyl halides is 1. The number of nitrogens with two attached hydrogens (primary N) is 1. The lowest BCUT2D eigenvalue weighted by molar-refractivity contribution is 0.210. The standard InChI is InChI=1S/C5H11FN2O2S/c6-5-1-3-8(4-2-5)11(7,9)10/h5H,1-4H2,(H2,7,9,10). The van der Waals surface area contributed by atoms with Crippen LogP contribution in [0.1, 0.15) is 12.8 Å². The van der Waals surface area contributed by atoms with E-state index in [0.29, 0.717) is 0 Å². The maximum atomic E-state index is 12.5. The summed E-state index contributed by atoms with van der Waals surface area (Å²) >= 11 is 0. The van der Waals surface area contributed by atoms with Gasteiger partial charge in [0.1, 0.15) is 6.17 Å². The predicted octanol–water partition coefficient (Wildman–Crippen LogP) is -0.376. The maximum absolute atomic E-state index is 12.5. The summed E-state index contributed by atoms with van der Waals surface area (Å²) in [6.45, 7) is 0.417. The van der Waals surface area contributed by atoms with Gasteiger partial charge in [-0.1, -0.05) is 0 Å². The quantitative estimate of drug-likeness (QED) is 0.601. The van der Waals surface area contributed by atoms with Gasteiger partial charge in [-0.3, -0.25) is 0 Å². The second kappa shape index (κ2) is 3.04. The molecule has 0 unspecified atom stereocenters. The van der Waals surface area contributed by atoms with E-state index in [-0.39, 0.29) is 25.9 Å². The number of hydrogen-bond acceptors (Lipinski definition) is 2. The van der Waals surface area contributed by atoms with Crippen LogP contribution >= 0.6 is 0 Å². The van der Waals surface area contributed by atoms with Gasteiger partial charge in [0.25, 0.3) is 10.2 Å². The first-order valence-corrected chi connectivity index (χ1v) is 4.92. The number of rotatable bonds is 1. The van der Waals surface area contributed by atoms with Crippen molar-refractivity contribution < 1.29 is 12.8 Å². The molecular formula is C5H11FN2O2S. The van der Waals surface area contributed by atoms with Gasteiger partial charge in [0.15, 0.2) is 0 Å². The Hall–Kier alpha value is -0.200. The zero-order valence-corrected chi connectivity index (χ0v) is 6.85. The van der Waals surface area contributed by atoms with Crippen molar-refractivity contribution >= 4 is 10.2 Å². The molecule has 4 nitrogen and oxygen atoms in total. The highest BCUT2D eigenvalue weighted by molar-refractivity contribution is 7.86. The Balaban J connectivity index is 2.53. The minimum absolute atomic E-state index is 0.208. The van der Waals surface area contributed by atoms with Crippen LogP contribution in [0.2, 0.25) is 0 Å². The molecule has 0 spiro atoms. The van der Waals surface area contributed by atoms with Crippen molar-refractivity contribution in [2.45, 2.75) is 19.0 Å². The minimum atomic E-state index is -3.58. The van der Waals surface area contributed by atoms with Gasteiger partial charge in [-0.15, -0.1) is 0 Å². The Morgan fingerprint density at radius 2 is 1.82 bits per heavy atom. The molecule has 1 heterocycles. The van der Waals surface area contributed by atoms with Gasteiger partial charge >= 0.3 is 0 Å². The summed E-state index contributed by atoms with van der Waals surface area (Å²) < 4.78 is 34.9. The van der Waals surface area contributed by atoms with Crippen LogP contribution in [-0.2, 0) is 10.2 Å². The van der Waals surface area contributed by atoms with E-state index >= 15 is 0 Å². The normalized spacial score (nSPS) is 23.8. The third-order valence-electron chi connectivity index (χ3n) is 1.74. The molecule has 1 fully saturated rings. The molecule has 6 heteroatoms. The van der Waals surface area contributed by atoms with Gasteiger partial charge in [-0.25, -0.2) is 9.53 Å². The zero-order valence-electron chi connectivity index (χ0n) is 6.03. The summed E-state index contributed by atoms with van der Waals surface area (Å²) in [5.74, 6) is 0. The number of hydrogen-bond donors (Lipinski definition) is 1. The molecule has 0 radical (unpaired) electrons. The Kier molecular flexibility index (Phi) is 2.46. The molecule has 0 saturated carbocycles. The molecular weight excluding hydrogens is 171 g/mol. The fourth-order valence-corrected chi connectivity index (χ4v) is 1.80. The molecule has 0 aliphatic carbocycles. The van der Waals surface area contributed by atoms with E-state index < -0.39 is 16.4 Å². The summed E-state index contributed by atoms with van der Waals surface area (Å²) in [5, 5.41) is 4.83. The zero-order chi connectivity index (χ0) is 8.48. The lowest BCUT2D eigenvalue weighted by atomic mass is 10.1. The van der Waals surface area contributed by atoms with E-state index in [2.05, 4.69) is 0 Å². The SMILES string of the molecule is NS(=O)(=O)N1CCC(F)CC1. The molecule has 1 saturated heterocycles. The summed E-state index contributed by atoms with van der Waals surface area (Å²) in [6.07, 6.45) is -0.347. The molecule has 1 aliphatic heterocycles. The molecule has 0 amide bonds. The molecule has 0 atom stereocenters. The Morgan fingerprint density at radius 3 is 2.18 bits per heavy atom. The lowest BCUT2D eigenvalue weighted by Gasteiger charge is -2.25. The largest absolute Gasteiger partial charge is 0.276 e. The van der Waals surface area contributed by atoms with E-state index in [1.807, 2.05) is 0 Å². The van der Waals surface area contributed by atoms with Crippen molar-refractivity contribution in [3.8, 4) is 0 Å². The van der Waals surface area contributed by atoms with Gasteiger partial charge < -0.3 is 0 Å². The Bertz CT molecular complexity index is 221. The van der Waals surface area contributed by atoms with Gasteiger partial charge in [0.05, 0.1) is 0 Å². The van der Waals surface area contributed by atoms with Crippen molar-refractivity contribution in [3.63, 3.8) is 0 Å². The van der Waals surface area contributed by atoms with E-state index in [0.717, 1.165) is 4.31 Å². The van der Waals surface area contributed by atoms with E-state index in [4.69, 9.17) is 5.14 Å². The van der Waals surface area contributed by atoms with Crippen LogP contribution < -0.4 is 5.14 Å². The highest BCUT2D eigenvalue weighted by Crippen LogP contribution is 2.14. The summed E-state index contributed by atoms with van der Waals surface area (Å²) in [5.41, 5.74) is 0. The highest BCUT2D eigenvalue weighted by atomic mass is 32.2. The van der Waals surface area contributed by atoms with Crippen LogP contribution in [-0.4, -0.2) is 32.0 Å². The first kappa shape index (κ1) is 8.89. The third-order valence-corrected chi connectivity index (χ3v) is 2.83. The van der Waals surface area contributed by atoms with Crippen molar-refractivity contribution in [2.24, 2.45) is 5.14 Å². The summed E-state index contributed by atoms with van der Waals surface area (Å²) in [7, 11) is -3.58. The molecule has 1 rings (SSSR count). The number of halogens is 1. The van der Waals surface area contributed by atoms with Gasteiger partial charge in [-0.05, 0) is 12.8 Å². The molecule has 66 valence electrons. The monoisotopic (exact) mass is 182 g/mol. The molecule has 0 bridgehead atoms. The van der Waals surface area contributed by atoms with Crippen LogP contribution in [0.3, 0.4) is 0 Å². The van der Waals surface area contributed by atoms with Crippen LogP contribution in [0.15, 0.2) is 0 Å². The topological polar surface area (TPSA) is 63.4 Å². The van der Waals surface area contributed by atoms with E-state index in [1.54, 1.807) is 0 Å². The minimum Gasteiger partial charge on any atom is -0.247 e. The lowest BCUT2D eigenvalue weighted by Crippen LogP contribution is -2.42. The van der Waals surface area contributed by atoms with Gasteiger partial charge in [0, 0.05) is 13.1 Å². The average Bonchev–Trinajstić information content (AvgIpc) is 1.86. The Labute approximate surface area is 65.4 Å². The fourth-order valence-electron chi connectivity index (χ4n) is 1.08. The molecule has 2 N–H and O–H groups in total. The Morgan fingerprint density at radius 1 is 1.36 bits per heavy atom. The molecule has 11 heavy (non-hydrogen) atoms. The molecule has 0 aromatic carbocycles. The van der Waals surface area contributed by atoms with Gasteiger partial charge in [0.2, 0.25) is 0 Å². The smallest absolute Gasteiger partial charge is 0.247 e. The second-order valence-electron chi connectivity index (χ2n) is 2.62. The second-order valence-corrected chi connectivity index (χ2v) is 4.16. The predicted molar refractivity (Wildman–Crippen MR) is 38.8 cm³/mol. The van der Waals surface area contributed by atoms with E-state index in [1.165, 1.54) is 0 Å². The molecule has 1 aliphatic rings. The van der Waals surface area contributed by atoms with Crippen LogP contribution in [0.5, 0.6) is 0 Å². The van der Waals surface area contributed by atoms with Gasteiger partial charge in [-0.2, -0.15) is 12.7 Å². The molecule has 0 aromatic heterocycles. The van der Waals surface area contributed by atoms with Crippen molar-refractivity contribution in [1.29, 1.82) is 0 Å². The first-order chi connectivity index (χ1) is 5.00. The average molecular weight is 182 g/mol. The summed E-state index contributed by atoms with van der Waals surface area (Å²) in [4.78, 5) is 0. The number of nitrogens with zero attached hydrogens (tertiary/aromatic N) is 1. The van der Waals surface area contributed by atoms with Crippen molar-refractivity contribution in [3.05, 3.63) is 0 Å². The third kappa shape index (κ3) is 2.39. The van der Waals surface area contributed by atoms with Crippen molar-refractivity contribution in [2.75, 3.05) is 13.1 Å². The van der Waals surface area contributed by atoms with E-state index in [9.17, 15) is 12.8 Å². The fraction of sp³-hybridized carbons (Fsp3) is 1.00. The maximum Gasteiger partial charge on any atom is 0.276 e.